The second kappa shape index (κ2) is 5.13. The lowest BCUT2D eigenvalue weighted by molar-refractivity contribution is 0.489. The van der Waals surface area contributed by atoms with Gasteiger partial charge < -0.3 is 10.2 Å². The first-order valence-corrected chi connectivity index (χ1v) is 6.83. The Bertz CT molecular complexity index is 773. The molecule has 0 aliphatic carbocycles. The molecule has 20 heavy (non-hydrogen) atoms. The van der Waals surface area contributed by atoms with Crippen molar-refractivity contribution in [1.82, 2.24) is 4.98 Å². The summed E-state index contributed by atoms with van der Waals surface area (Å²) in [6, 6.07) is 8.51. The zero-order valence-corrected chi connectivity index (χ0v) is 11.1. The van der Waals surface area contributed by atoms with Crippen molar-refractivity contribution in [3.8, 4) is 0 Å². The molecule has 0 spiro atoms. The van der Waals surface area contributed by atoms with E-state index in [-0.39, 0.29) is 11.3 Å². The molecule has 1 aromatic heterocycles. The zero-order valence-electron chi connectivity index (χ0n) is 10.3. The number of nitrogens with zero attached hydrogens (tertiary/aromatic N) is 1. The number of oxazole rings is 1. The zero-order chi connectivity index (χ0) is 14.1. The van der Waals surface area contributed by atoms with Gasteiger partial charge in [-0.1, -0.05) is 11.8 Å². The van der Waals surface area contributed by atoms with Crippen molar-refractivity contribution in [2.75, 3.05) is 5.73 Å². The van der Waals surface area contributed by atoms with Crippen LogP contribution in [-0.2, 0) is 5.75 Å². The topological polar surface area (TPSA) is 52.0 Å². The molecule has 0 radical (unpaired) electrons. The predicted molar refractivity (Wildman–Crippen MR) is 74.3 cm³/mol. The predicted octanol–water partition coefficient (Wildman–Crippen LogP) is 3.98. The summed E-state index contributed by atoms with van der Waals surface area (Å²) >= 11 is 1.20. The summed E-state index contributed by atoms with van der Waals surface area (Å²) in [7, 11) is 0. The van der Waals surface area contributed by atoms with Crippen LogP contribution in [0.15, 0.2) is 46.0 Å². The molecule has 0 aliphatic rings. The fourth-order valence-electron chi connectivity index (χ4n) is 1.78. The van der Waals surface area contributed by atoms with Crippen molar-refractivity contribution in [2.24, 2.45) is 0 Å². The summed E-state index contributed by atoms with van der Waals surface area (Å²) < 4.78 is 32.0. The Morgan fingerprint density at radius 3 is 2.85 bits per heavy atom. The van der Waals surface area contributed by atoms with E-state index in [0.717, 1.165) is 12.1 Å². The van der Waals surface area contributed by atoms with Gasteiger partial charge in [0.05, 0.1) is 0 Å². The second-order valence-corrected chi connectivity index (χ2v) is 5.16. The molecule has 2 N–H and O–H groups in total. The molecule has 0 amide bonds. The quantitative estimate of drug-likeness (QED) is 0.586. The van der Waals surface area contributed by atoms with E-state index < -0.39 is 11.6 Å². The third-order valence-corrected chi connectivity index (χ3v) is 3.63. The van der Waals surface area contributed by atoms with Crippen LogP contribution in [0, 0.1) is 11.6 Å². The minimum absolute atomic E-state index is 0.242. The largest absolute Gasteiger partial charge is 0.431 e. The summed E-state index contributed by atoms with van der Waals surface area (Å²) in [6.07, 6.45) is 0. The fourth-order valence-corrected chi connectivity index (χ4v) is 2.59. The van der Waals surface area contributed by atoms with Crippen LogP contribution in [0.1, 0.15) is 5.56 Å². The van der Waals surface area contributed by atoms with Gasteiger partial charge >= 0.3 is 0 Å². The highest BCUT2D eigenvalue weighted by atomic mass is 32.2. The van der Waals surface area contributed by atoms with E-state index in [0.29, 0.717) is 22.0 Å². The van der Waals surface area contributed by atoms with E-state index in [2.05, 4.69) is 4.98 Å². The average molecular weight is 292 g/mol. The normalized spacial score (nSPS) is 11.1. The van der Waals surface area contributed by atoms with Crippen molar-refractivity contribution >= 4 is 28.5 Å². The Balaban J connectivity index is 1.81. The molecule has 0 saturated heterocycles. The van der Waals surface area contributed by atoms with E-state index in [1.54, 1.807) is 18.2 Å². The van der Waals surface area contributed by atoms with Crippen molar-refractivity contribution in [3.63, 3.8) is 0 Å². The lowest BCUT2D eigenvalue weighted by Gasteiger charge is -2.00. The molecule has 2 aromatic carbocycles. The number of benzene rings is 2. The number of rotatable bonds is 3. The van der Waals surface area contributed by atoms with Gasteiger partial charge in [-0.15, -0.1) is 0 Å². The van der Waals surface area contributed by atoms with Crippen molar-refractivity contribution < 1.29 is 13.2 Å². The van der Waals surface area contributed by atoms with Crippen LogP contribution < -0.4 is 5.73 Å². The maximum absolute atomic E-state index is 13.5. The van der Waals surface area contributed by atoms with Gasteiger partial charge in [0, 0.05) is 17.0 Å². The molecule has 0 fully saturated rings. The molecular formula is C14H10F2N2OS. The van der Waals surface area contributed by atoms with Crippen molar-refractivity contribution in [3.05, 3.63) is 53.6 Å². The third kappa shape index (κ3) is 2.60. The van der Waals surface area contributed by atoms with Crippen molar-refractivity contribution in [1.29, 1.82) is 0 Å². The van der Waals surface area contributed by atoms with E-state index in [4.69, 9.17) is 10.2 Å². The summed E-state index contributed by atoms with van der Waals surface area (Å²) in [5.74, 6) is -0.669. The number of fused-ring (bicyclic) bond motifs is 1. The van der Waals surface area contributed by atoms with Gasteiger partial charge in [-0.25, -0.2) is 13.8 Å². The standard InChI is InChI=1S/C14H10F2N2OS/c15-9-1-3-11(16)8(5-9)7-20-14-18-12-6-10(17)2-4-13(12)19-14/h1-6H,7,17H2. The SMILES string of the molecule is Nc1ccc2oc(SCc3cc(F)ccc3F)nc2c1. The van der Waals surface area contributed by atoms with Gasteiger partial charge in [0.1, 0.15) is 17.2 Å². The van der Waals surface area contributed by atoms with Crippen LogP contribution in [0.2, 0.25) is 0 Å². The van der Waals surface area contributed by atoms with Crippen molar-refractivity contribution in [2.45, 2.75) is 11.0 Å². The first kappa shape index (κ1) is 12.9. The minimum atomic E-state index is -0.465. The Kier molecular flexibility index (Phi) is 3.31. The summed E-state index contributed by atoms with van der Waals surface area (Å²) in [4.78, 5) is 4.24. The molecular weight excluding hydrogens is 282 g/mol. The second-order valence-electron chi connectivity index (χ2n) is 4.23. The van der Waals surface area contributed by atoms with Gasteiger partial charge in [0.25, 0.3) is 5.22 Å². The molecule has 6 heteroatoms. The molecule has 0 atom stereocenters. The van der Waals surface area contributed by atoms with Gasteiger partial charge in [0.2, 0.25) is 0 Å². The summed E-state index contributed by atoms with van der Waals surface area (Å²) in [6.45, 7) is 0. The minimum Gasteiger partial charge on any atom is -0.431 e. The Morgan fingerprint density at radius 2 is 2.00 bits per heavy atom. The lowest BCUT2D eigenvalue weighted by Crippen LogP contribution is -1.89. The van der Waals surface area contributed by atoms with Crippen LogP contribution in [0.25, 0.3) is 11.1 Å². The number of halogens is 2. The molecule has 0 bridgehead atoms. The van der Waals surface area contributed by atoms with Gasteiger partial charge in [-0.3, -0.25) is 0 Å². The summed E-state index contributed by atoms with van der Waals surface area (Å²) in [5.41, 5.74) is 7.78. The molecule has 3 nitrogen and oxygen atoms in total. The van der Waals surface area contributed by atoms with Crippen LogP contribution >= 0.6 is 11.8 Å². The van der Waals surface area contributed by atoms with Gasteiger partial charge in [-0.2, -0.15) is 0 Å². The van der Waals surface area contributed by atoms with Crippen LogP contribution in [0.4, 0.5) is 14.5 Å². The number of hydrogen-bond acceptors (Lipinski definition) is 4. The first-order valence-electron chi connectivity index (χ1n) is 5.84. The summed E-state index contributed by atoms with van der Waals surface area (Å²) in [5, 5.41) is 0.397. The molecule has 1 heterocycles. The van der Waals surface area contributed by atoms with E-state index >= 15 is 0 Å². The smallest absolute Gasteiger partial charge is 0.257 e. The lowest BCUT2D eigenvalue weighted by atomic mass is 10.2. The van der Waals surface area contributed by atoms with Crippen LogP contribution in [0.5, 0.6) is 0 Å². The van der Waals surface area contributed by atoms with Crippen LogP contribution in [0.3, 0.4) is 0 Å². The Morgan fingerprint density at radius 1 is 1.15 bits per heavy atom. The molecule has 0 unspecified atom stereocenters. The highest BCUT2D eigenvalue weighted by Gasteiger charge is 2.09. The highest BCUT2D eigenvalue weighted by Crippen LogP contribution is 2.28. The van der Waals surface area contributed by atoms with E-state index in [1.807, 2.05) is 0 Å². The average Bonchev–Trinajstić information content (AvgIpc) is 2.81. The monoisotopic (exact) mass is 292 g/mol. The molecule has 3 rings (SSSR count). The number of anilines is 1. The molecule has 0 saturated carbocycles. The number of hydrogen-bond donors (Lipinski definition) is 1. The van der Waals surface area contributed by atoms with Gasteiger partial charge in [-0.05, 0) is 36.4 Å². The maximum Gasteiger partial charge on any atom is 0.257 e. The van der Waals surface area contributed by atoms with Crippen LogP contribution in [-0.4, -0.2) is 4.98 Å². The Hall–Kier alpha value is -2.08. The van der Waals surface area contributed by atoms with E-state index in [1.165, 1.54) is 17.8 Å². The fraction of sp³-hybridized carbons (Fsp3) is 0.0714. The maximum atomic E-state index is 13.5. The molecule has 0 aliphatic heterocycles. The molecule has 3 aromatic rings. The number of nitrogens with two attached hydrogens (primary N) is 1. The Labute approximate surface area is 117 Å². The number of thioether (sulfide) groups is 1. The molecule has 102 valence electrons. The third-order valence-electron chi connectivity index (χ3n) is 2.75. The first-order chi connectivity index (χ1) is 9.61. The number of nitrogen functional groups attached to an aromatic ring is 1. The van der Waals surface area contributed by atoms with Gasteiger partial charge in [0.15, 0.2) is 5.58 Å². The van der Waals surface area contributed by atoms with E-state index in [9.17, 15) is 8.78 Å². The number of aromatic nitrogens is 1. The highest BCUT2D eigenvalue weighted by molar-refractivity contribution is 7.98.